The SMILES string of the molecule is COC(=O)CCOc1ccc(S(=O)(=O)N2CCN(c3nc(C)cc(C)n3)CC2)cc1. The number of carbonyl (C=O) groups excluding carboxylic acids is 1. The number of carbonyl (C=O) groups is 1. The fourth-order valence-electron chi connectivity index (χ4n) is 3.19. The molecular formula is C20H26N4O5S. The Kier molecular flexibility index (Phi) is 6.88. The van der Waals surface area contributed by atoms with Crippen molar-refractivity contribution in [3.8, 4) is 5.75 Å². The number of aryl methyl sites for hydroxylation is 2. The summed E-state index contributed by atoms with van der Waals surface area (Å²) in [6.45, 7) is 5.77. The number of ether oxygens (including phenoxy) is 2. The van der Waals surface area contributed by atoms with Gasteiger partial charge in [0.2, 0.25) is 16.0 Å². The zero-order valence-electron chi connectivity index (χ0n) is 17.4. The summed E-state index contributed by atoms with van der Waals surface area (Å²) < 4.78 is 37.4. The molecule has 0 saturated carbocycles. The summed E-state index contributed by atoms with van der Waals surface area (Å²) in [4.78, 5) is 22.2. The van der Waals surface area contributed by atoms with Crippen LogP contribution in [0.1, 0.15) is 17.8 Å². The van der Waals surface area contributed by atoms with Gasteiger partial charge in [0, 0.05) is 37.6 Å². The third kappa shape index (κ3) is 5.25. The van der Waals surface area contributed by atoms with Gasteiger partial charge < -0.3 is 14.4 Å². The molecule has 1 saturated heterocycles. The van der Waals surface area contributed by atoms with E-state index >= 15 is 0 Å². The third-order valence-electron chi connectivity index (χ3n) is 4.76. The normalized spacial score (nSPS) is 15.1. The molecule has 0 radical (unpaired) electrons. The van der Waals surface area contributed by atoms with Crippen molar-refractivity contribution in [2.75, 3.05) is 44.8 Å². The molecule has 0 amide bonds. The highest BCUT2D eigenvalue weighted by Crippen LogP contribution is 2.22. The Hall–Kier alpha value is -2.72. The highest BCUT2D eigenvalue weighted by molar-refractivity contribution is 7.89. The summed E-state index contributed by atoms with van der Waals surface area (Å²) >= 11 is 0. The number of aromatic nitrogens is 2. The number of sulfonamides is 1. The van der Waals surface area contributed by atoms with Crippen LogP contribution in [0.15, 0.2) is 35.2 Å². The number of hydrogen-bond acceptors (Lipinski definition) is 8. The molecule has 0 unspecified atom stereocenters. The summed E-state index contributed by atoms with van der Waals surface area (Å²) in [5.41, 5.74) is 1.78. The Morgan fingerprint density at radius 1 is 1.03 bits per heavy atom. The van der Waals surface area contributed by atoms with Crippen molar-refractivity contribution in [1.29, 1.82) is 0 Å². The van der Waals surface area contributed by atoms with Crippen LogP contribution < -0.4 is 9.64 Å². The Bertz CT molecular complexity index is 967. The second-order valence-electron chi connectivity index (χ2n) is 6.99. The van der Waals surface area contributed by atoms with E-state index in [0.29, 0.717) is 37.9 Å². The maximum atomic E-state index is 13.0. The van der Waals surface area contributed by atoms with Gasteiger partial charge in [0.15, 0.2) is 0 Å². The molecule has 1 aromatic heterocycles. The highest BCUT2D eigenvalue weighted by atomic mass is 32.2. The van der Waals surface area contributed by atoms with Crippen molar-refractivity contribution in [1.82, 2.24) is 14.3 Å². The van der Waals surface area contributed by atoms with Gasteiger partial charge in [-0.25, -0.2) is 18.4 Å². The molecule has 30 heavy (non-hydrogen) atoms. The zero-order valence-corrected chi connectivity index (χ0v) is 18.2. The molecule has 3 rings (SSSR count). The van der Waals surface area contributed by atoms with Crippen molar-refractivity contribution in [2.24, 2.45) is 0 Å². The van der Waals surface area contributed by atoms with Gasteiger partial charge in [-0.15, -0.1) is 0 Å². The second kappa shape index (κ2) is 9.40. The first kappa shape index (κ1) is 22.0. The first-order valence-electron chi connectivity index (χ1n) is 9.66. The fourth-order valence-corrected chi connectivity index (χ4v) is 4.61. The molecule has 0 spiro atoms. The predicted octanol–water partition coefficient (Wildman–Crippen LogP) is 1.55. The molecule has 0 bridgehead atoms. The van der Waals surface area contributed by atoms with Gasteiger partial charge in [-0.1, -0.05) is 0 Å². The summed E-state index contributed by atoms with van der Waals surface area (Å²) in [6, 6.07) is 8.12. The van der Waals surface area contributed by atoms with E-state index in [0.717, 1.165) is 11.4 Å². The van der Waals surface area contributed by atoms with E-state index in [1.54, 1.807) is 12.1 Å². The number of esters is 1. The second-order valence-corrected chi connectivity index (χ2v) is 8.93. The molecule has 162 valence electrons. The fraction of sp³-hybridized carbons (Fsp3) is 0.450. The average Bonchev–Trinajstić information content (AvgIpc) is 2.73. The van der Waals surface area contributed by atoms with Crippen LogP contribution in [0.25, 0.3) is 0 Å². The molecule has 1 aliphatic heterocycles. The molecule has 1 aliphatic rings. The average molecular weight is 435 g/mol. The molecule has 1 fully saturated rings. The van der Waals surface area contributed by atoms with E-state index in [4.69, 9.17) is 4.74 Å². The Morgan fingerprint density at radius 2 is 1.63 bits per heavy atom. The van der Waals surface area contributed by atoms with Gasteiger partial charge in [-0.05, 0) is 44.2 Å². The van der Waals surface area contributed by atoms with Crippen molar-refractivity contribution < 1.29 is 22.7 Å². The maximum Gasteiger partial charge on any atom is 0.308 e. The van der Waals surface area contributed by atoms with Gasteiger partial charge in [0.25, 0.3) is 0 Å². The minimum atomic E-state index is -3.60. The van der Waals surface area contributed by atoms with Crippen molar-refractivity contribution >= 4 is 21.9 Å². The van der Waals surface area contributed by atoms with Gasteiger partial charge >= 0.3 is 5.97 Å². The first-order valence-corrected chi connectivity index (χ1v) is 11.1. The van der Waals surface area contributed by atoms with E-state index in [-0.39, 0.29) is 23.9 Å². The molecule has 10 heteroatoms. The van der Waals surface area contributed by atoms with Crippen LogP contribution in [-0.4, -0.2) is 68.6 Å². The topological polar surface area (TPSA) is 102 Å². The minimum absolute atomic E-state index is 0.130. The molecule has 0 atom stereocenters. The van der Waals surface area contributed by atoms with Crippen LogP contribution in [0.5, 0.6) is 5.75 Å². The lowest BCUT2D eigenvalue weighted by Crippen LogP contribution is -2.49. The van der Waals surface area contributed by atoms with E-state index in [1.165, 1.54) is 23.5 Å². The highest BCUT2D eigenvalue weighted by Gasteiger charge is 2.29. The molecule has 0 N–H and O–H groups in total. The molecule has 9 nitrogen and oxygen atoms in total. The molecule has 0 aliphatic carbocycles. The molecular weight excluding hydrogens is 408 g/mol. The zero-order chi connectivity index (χ0) is 21.7. The maximum absolute atomic E-state index is 13.0. The summed E-state index contributed by atoms with van der Waals surface area (Å²) in [5, 5.41) is 0. The third-order valence-corrected chi connectivity index (χ3v) is 6.67. The molecule has 2 heterocycles. The van der Waals surface area contributed by atoms with Crippen LogP contribution in [0.4, 0.5) is 5.95 Å². The lowest BCUT2D eigenvalue weighted by molar-refractivity contribution is -0.141. The predicted molar refractivity (Wildman–Crippen MR) is 111 cm³/mol. The number of rotatable bonds is 7. The van der Waals surface area contributed by atoms with Gasteiger partial charge in [0.1, 0.15) is 5.75 Å². The Balaban J connectivity index is 1.60. The molecule has 1 aromatic carbocycles. The Morgan fingerprint density at radius 3 is 2.20 bits per heavy atom. The summed E-state index contributed by atoms with van der Waals surface area (Å²) in [7, 11) is -2.29. The van der Waals surface area contributed by atoms with Crippen molar-refractivity contribution in [2.45, 2.75) is 25.2 Å². The summed E-state index contributed by atoms with van der Waals surface area (Å²) in [5.74, 6) is 0.771. The Labute approximate surface area is 176 Å². The van der Waals surface area contributed by atoms with Gasteiger partial charge in [-0.3, -0.25) is 4.79 Å². The van der Waals surface area contributed by atoms with Crippen LogP contribution in [0, 0.1) is 13.8 Å². The lowest BCUT2D eigenvalue weighted by Gasteiger charge is -2.34. The molecule has 2 aromatic rings. The van der Waals surface area contributed by atoms with Gasteiger partial charge in [-0.2, -0.15) is 4.31 Å². The van der Waals surface area contributed by atoms with Crippen LogP contribution in [0.2, 0.25) is 0 Å². The minimum Gasteiger partial charge on any atom is -0.493 e. The number of anilines is 1. The van der Waals surface area contributed by atoms with Crippen molar-refractivity contribution in [3.63, 3.8) is 0 Å². The monoisotopic (exact) mass is 434 g/mol. The largest absolute Gasteiger partial charge is 0.493 e. The van der Waals surface area contributed by atoms with Crippen molar-refractivity contribution in [3.05, 3.63) is 41.7 Å². The standard InChI is InChI=1S/C20H26N4O5S/c1-15-14-16(2)22-20(21-15)23-9-11-24(12-10-23)30(26,27)18-6-4-17(5-7-18)29-13-8-19(25)28-3/h4-7,14H,8-13H2,1-3H3. The van der Waals surface area contributed by atoms with E-state index in [2.05, 4.69) is 14.7 Å². The van der Waals surface area contributed by atoms with E-state index < -0.39 is 10.0 Å². The number of benzene rings is 1. The quantitative estimate of drug-likeness (QED) is 0.605. The number of piperazine rings is 1. The number of hydrogen-bond donors (Lipinski definition) is 0. The van der Waals surface area contributed by atoms with Crippen LogP contribution in [-0.2, 0) is 19.6 Å². The first-order chi connectivity index (χ1) is 14.3. The lowest BCUT2D eigenvalue weighted by atomic mass is 10.3. The smallest absolute Gasteiger partial charge is 0.308 e. The number of nitrogens with zero attached hydrogens (tertiary/aromatic N) is 4. The summed E-state index contributed by atoms with van der Waals surface area (Å²) in [6.07, 6.45) is 0.130. The van der Waals surface area contributed by atoms with Crippen LogP contribution in [0.3, 0.4) is 0 Å². The van der Waals surface area contributed by atoms with E-state index in [9.17, 15) is 13.2 Å². The van der Waals surface area contributed by atoms with Crippen LogP contribution >= 0.6 is 0 Å². The number of methoxy groups -OCH3 is 1. The van der Waals surface area contributed by atoms with Gasteiger partial charge in [0.05, 0.1) is 25.0 Å². The van der Waals surface area contributed by atoms with E-state index in [1.807, 2.05) is 24.8 Å².